The molecule has 0 spiro atoms. The number of aliphatic carboxylic acids is 2. The number of carboxylic acids is 2. The van der Waals surface area contributed by atoms with Crippen LogP contribution in [0.25, 0.3) is 0 Å². The lowest BCUT2D eigenvalue weighted by molar-refractivity contribution is -0.145. The Morgan fingerprint density at radius 1 is 1.33 bits per heavy atom. The standard InChI is InChI=1S/C10H16N2O6/c13-8(14)4-7(9(15)16)12-10(17)11-5-6-2-1-3-18-6/h6-7H,1-5H2,(H,13,14)(H,15,16)(H2,11,12,17)/t6?,7-/m1/s1. The van der Waals surface area contributed by atoms with Crippen LogP contribution in [0.3, 0.4) is 0 Å². The number of ether oxygens (including phenoxy) is 1. The first-order chi connectivity index (χ1) is 8.49. The summed E-state index contributed by atoms with van der Waals surface area (Å²) in [6, 6.07) is -2.15. The lowest BCUT2D eigenvalue weighted by Crippen LogP contribution is -2.48. The number of carboxylic acid groups (broad SMARTS) is 2. The van der Waals surface area contributed by atoms with Gasteiger partial charge in [-0.15, -0.1) is 0 Å². The first kappa shape index (κ1) is 14.2. The second-order valence-corrected chi connectivity index (χ2v) is 3.98. The molecule has 1 saturated heterocycles. The molecule has 0 radical (unpaired) electrons. The van der Waals surface area contributed by atoms with Crippen molar-refractivity contribution in [2.45, 2.75) is 31.4 Å². The van der Waals surface area contributed by atoms with E-state index in [4.69, 9.17) is 14.9 Å². The van der Waals surface area contributed by atoms with Crippen molar-refractivity contribution in [2.24, 2.45) is 0 Å². The van der Waals surface area contributed by atoms with Gasteiger partial charge in [-0.2, -0.15) is 0 Å². The predicted molar refractivity (Wildman–Crippen MR) is 59.2 cm³/mol. The minimum absolute atomic E-state index is 0.0569. The molecular formula is C10H16N2O6. The van der Waals surface area contributed by atoms with Gasteiger partial charge in [0.25, 0.3) is 0 Å². The molecule has 1 aliphatic heterocycles. The molecule has 0 aromatic rings. The zero-order chi connectivity index (χ0) is 13.5. The summed E-state index contributed by atoms with van der Waals surface area (Å²) >= 11 is 0. The van der Waals surface area contributed by atoms with Crippen molar-refractivity contribution in [3.05, 3.63) is 0 Å². The zero-order valence-corrected chi connectivity index (χ0v) is 9.72. The Hall–Kier alpha value is -1.83. The topological polar surface area (TPSA) is 125 Å². The summed E-state index contributed by atoms with van der Waals surface area (Å²) in [6.07, 6.45) is 1.06. The van der Waals surface area contributed by atoms with Crippen molar-refractivity contribution in [1.29, 1.82) is 0 Å². The highest BCUT2D eigenvalue weighted by molar-refractivity contribution is 5.86. The van der Waals surface area contributed by atoms with Gasteiger partial charge in [0.2, 0.25) is 0 Å². The van der Waals surface area contributed by atoms with E-state index < -0.39 is 30.4 Å². The molecule has 1 rings (SSSR count). The highest BCUT2D eigenvalue weighted by atomic mass is 16.5. The number of nitrogens with one attached hydrogen (secondary N) is 2. The molecule has 1 fully saturated rings. The molecule has 0 aromatic carbocycles. The molecule has 1 aliphatic rings. The van der Waals surface area contributed by atoms with Gasteiger partial charge in [-0.3, -0.25) is 4.79 Å². The van der Waals surface area contributed by atoms with E-state index in [1.165, 1.54) is 0 Å². The Labute approximate surface area is 103 Å². The van der Waals surface area contributed by atoms with Gasteiger partial charge in [0.1, 0.15) is 6.04 Å². The Morgan fingerprint density at radius 2 is 2.06 bits per heavy atom. The molecule has 0 aromatic heterocycles. The van der Waals surface area contributed by atoms with Crippen LogP contribution < -0.4 is 10.6 Å². The van der Waals surface area contributed by atoms with E-state index in [9.17, 15) is 14.4 Å². The number of carbonyl (C=O) groups excluding carboxylic acids is 1. The number of hydrogen-bond acceptors (Lipinski definition) is 4. The average Bonchev–Trinajstić information content (AvgIpc) is 2.77. The predicted octanol–water partition coefficient (Wildman–Crippen LogP) is -0.607. The SMILES string of the molecule is O=C(O)C[C@@H](NC(=O)NCC1CCCO1)C(=O)O. The second-order valence-electron chi connectivity index (χ2n) is 3.98. The Kier molecular flexibility index (Phi) is 5.37. The molecule has 1 heterocycles. The van der Waals surface area contributed by atoms with Crippen LogP contribution in [-0.2, 0) is 14.3 Å². The van der Waals surface area contributed by atoms with Crippen LogP contribution in [-0.4, -0.2) is 53.5 Å². The second kappa shape index (κ2) is 6.80. The van der Waals surface area contributed by atoms with E-state index in [1.54, 1.807) is 0 Å². The fourth-order valence-corrected chi connectivity index (χ4v) is 1.60. The molecule has 1 unspecified atom stereocenters. The van der Waals surface area contributed by atoms with E-state index in [1.807, 2.05) is 0 Å². The molecule has 0 aliphatic carbocycles. The number of amides is 2. The van der Waals surface area contributed by atoms with E-state index >= 15 is 0 Å². The normalized spacial score (nSPS) is 20.1. The van der Waals surface area contributed by atoms with Crippen LogP contribution in [0.5, 0.6) is 0 Å². The Bertz CT molecular complexity index is 326. The van der Waals surface area contributed by atoms with Gasteiger partial charge >= 0.3 is 18.0 Å². The van der Waals surface area contributed by atoms with Gasteiger partial charge in [-0.05, 0) is 12.8 Å². The van der Waals surface area contributed by atoms with Crippen LogP contribution in [0.2, 0.25) is 0 Å². The van der Waals surface area contributed by atoms with Crippen molar-refractivity contribution < 1.29 is 29.3 Å². The van der Waals surface area contributed by atoms with Gasteiger partial charge in [0, 0.05) is 13.2 Å². The van der Waals surface area contributed by atoms with E-state index in [-0.39, 0.29) is 12.6 Å². The first-order valence-corrected chi connectivity index (χ1v) is 5.59. The highest BCUT2D eigenvalue weighted by Gasteiger charge is 2.23. The molecule has 102 valence electrons. The summed E-state index contributed by atoms with van der Waals surface area (Å²) in [6.45, 7) is 0.940. The minimum Gasteiger partial charge on any atom is -0.481 e. The summed E-state index contributed by atoms with van der Waals surface area (Å²) in [4.78, 5) is 32.5. The number of rotatable bonds is 6. The number of urea groups is 1. The summed E-state index contributed by atoms with van der Waals surface area (Å²) < 4.78 is 5.27. The molecule has 2 atom stereocenters. The van der Waals surface area contributed by atoms with Gasteiger partial charge < -0.3 is 25.6 Å². The van der Waals surface area contributed by atoms with Crippen molar-refractivity contribution in [3.8, 4) is 0 Å². The smallest absolute Gasteiger partial charge is 0.326 e. The van der Waals surface area contributed by atoms with E-state index in [2.05, 4.69) is 10.6 Å². The summed E-state index contributed by atoms with van der Waals surface area (Å²) in [5.41, 5.74) is 0. The Morgan fingerprint density at radius 3 is 2.56 bits per heavy atom. The van der Waals surface area contributed by atoms with Crippen molar-refractivity contribution in [1.82, 2.24) is 10.6 Å². The van der Waals surface area contributed by atoms with Crippen molar-refractivity contribution >= 4 is 18.0 Å². The molecule has 0 bridgehead atoms. The third-order valence-electron chi connectivity index (χ3n) is 2.50. The van der Waals surface area contributed by atoms with Crippen LogP contribution in [0.1, 0.15) is 19.3 Å². The van der Waals surface area contributed by atoms with Crippen LogP contribution in [0.4, 0.5) is 4.79 Å². The van der Waals surface area contributed by atoms with Gasteiger partial charge in [0.15, 0.2) is 0 Å². The van der Waals surface area contributed by atoms with Crippen LogP contribution >= 0.6 is 0 Å². The fraction of sp³-hybridized carbons (Fsp3) is 0.700. The molecule has 4 N–H and O–H groups in total. The van der Waals surface area contributed by atoms with Crippen LogP contribution in [0.15, 0.2) is 0 Å². The van der Waals surface area contributed by atoms with Gasteiger partial charge in [-0.25, -0.2) is 9.59 Å². The van der Waals surface area contributed by atoms with Gasteiger partial charge in [0.05, 0.1) is 12.5 Å². The summed E-state index contributed by atoms with van der Waals surface area (Å²) in [5, 5.41) is 21.8. The monoisotopic (exact) mass is 260 g/mol. The Balaban J connectivity index is 2.31. The zero-order valence-electron chi connectivity index (χ0n) is 9.72. The molecule has 8 heteroatoms. The largest absolute Gasteiger partial charge is 0.481 e. The molecule has 0 saturated carbocycles. The highest BCUT2D eigenvalue weighted by Crippen LogP contribution is 2.10. The first-order valence-electron chi connectivity index (χ1n) is 5.59. The fourth-order valence-electron chi connectivity index (χ4n) is 1.60. The lowest BCUT2D eigenvalue weighted by atomic mass is 10.2. The van der Waals surface area contributed by atoms with Crippen LogP contribution in [0, 0.1) is 0 Å². The molecule has 8 nitrogen and oxygen atoms in total. The molecule has 2 amide bonds. The lowest BCUT2D eigenvalue weighted by Gasteiger charge is -2.15. The van der Waals surface area contributed by atoms with E-state index in [0.29, 0.717) is 6.61 Å². The number of carbonyl (C=O) groups is 3. The average molecular weight is 260 g/mol. The maximum Gasteiger partial charge on any atom is 0.326 e. The minimum atomic E-state index is -1.44. The third kappa shape index (κ3) is 5.00. The number of hydrogen-bond donors (Lipinski definition) is 4. The summed E-state index contributed by atoms with van der Waals surface area (Å²) in [7, 11) is 0. The molecule has 18 heavy (non-hydrogen) atoms. The van der Waals surface area contributed by atoms with Gasteiger partial charge in [-0.1, -0.05) is 0 Å². The van der Waals surface area contributed by atoms with Crippen molar-refractivity contribution in [2.75, 3.05) is 13.2 Å². The van der Waals surface area contributed by atoms with E-state index in [0.717, 1.165) is 12.8 Å². The molecular weight excluding hydrogens is 244 g/mol. The summed E-state index contributed by atoms with van der Waals surface area (Å²) in [5.74, 6) is -2.67. The third-order valence-corrected chi connectivity index (χ3v) is 2.50. The maximum absolute atomic E-state index is 11.4. The van der Waals surface area contributed by atoms with Crippen molar-refractivity contribution in [3.63, 3.8) is 0 Å². The quantitative estimate of drug-likeness (QED) is 0.505. The maximum atomic E-state index is 11.4.